The third-order valence-electron chi connectivity index (χ3n) is 2.28. The lowest BCUT2D eigenvalue weighted by atomic mass is 10.2. The number of hydrogen-bond acceptors (Lipinski definition) is 1. The second-order valence-corrected chi connectivity index (χ2v) is 5.10. The van der Waals surface area contributed by atoms with E-state index in [2.05, 4.69) is 5.32 Å². The zero-order chi connectivity index (χ0) is 13.1. The van der Waals surface area contributed by atoms with E-state index in [-0.39, 0.29) is 5.82 Å². The van der Waals surface area contributed by atoms with Gasteiger partial charge in [0.15, 0.2) is 0 Å². The van der Waals surface area contributed by atoms with Gasteiger partial charge < -0.3 is 5.32 Å². The summed E-state index contributed by atoms with van der Waals surface area (Å²) in [6.45, 7) is 0.486. The zero-order valence-electron chi connectivity index (χ0n) is 9.18. The molecule has 0 spiro atoms. The number of benzene rings is 2. The van der Waals surface area contributed by atoms with E-state index in [1.807, 2.05) is 0 Å². The summed E-state index contributed by atoms with van der Waals surface area (Å²) in [4.78, 5) is 0. The molecule has 0 fully saturated rings. The normalized spacial score (nSPS) is 10.4. The standard InChI is InChI=1S/C13H9Cl3FN/c14-9-1-8(2-10(15)3-9)7-18-13-5-11(16)4-12(17)6-13/h1-6,18H,7H2. The van der Waals surface area contributed by atoms with Crippen LogP contribution in [0.15, 0.2) is 36.4 Å². The van der Waals surface area contributed by atoms with Crippen LogP contribution in [0.5, 0.6) is 0 Å². The number of anilines is 1. The Hall–Kier alpha value is -0.960. The fraction of sp³-hybridized carbons (Fsp3) is 0.0769. The lowest BCUT2D eigenvalue weighted by molar-refractivity contribution is 0.628. The first-order chi connectivity index (χ1) is 8.52. The first-order valence-electron chi connectivity index (χ1n) is 5.18. The Kier molecular flexibility index (Phi) is 4.33. The largest absolute Gasteiger partial charge is 0.381 e. The molecule has 2 aromatic carbocycles. The Labute approximate surface area is 119 Å². The van der Waals surface area contributed by atoms with Crippen LogP contribution in [0.25, 0.3) is 0 Å². The monoisotopic (exact) mass is 303 g/mol. The Morgan fingerprint density at radius 2 is 1.44 bits per heavy atom. The molecule has 94 valence electrons. The van der Waals surface area contributed by atoms with E-state index in [0.29, 0.717) is 27.3 Å². The smallest absolute Gasteiger partial charge is 0.126 e. The number of rotatable bonds is 3. The molecule has 0 saturated heterocycles. The quantitative estimate of drug-likeness (QED) is 0.800. The van der Waals surface area contributed by atoms with Gasteiger partial charge in [0.1, 0.15) is 5.82 Å². The lowest BCUT2D eigenvalue weighted by Gasteiger charge is -2.08. The molecule has 0 radical (unpaired) electrons. The summed E-state index contributed by atoms with van der Waals surface area (Å²) in [5, 5.41) is 4.54. The Morgan fingerprint density at radius 3 is 2.06 bits per heavy atom. The predicted molar refractivity (Wildman–Crippen MR) is 75.2 cm³/mol. The van der Waals surface area contributed by atoms with Crippen molar-refractivity contribution in [3.8, 4) is 0 Å². The van der Waals surface area contributed by atoms with Crippen LogP contribution < -0.4 is 5.32 Å². The van der Waals surface area contributed by atoms with E-state index in [1.165, 1.54) is 12.1 Å². The molecule has 18 heavy (non-hydrogen) atoms. The molecule has 0 amide bonds. The SMILES string of the molecule is Fc1cc(Cl)cc(NCc2cc(Cl)cc(Cl)c2)c1. The van der Waals surface area contributed by atoms with Gasteiger partial charge >= 0.3 is 0 Å². The van der Waals surface area contributed by atoms with Gasteiger partial charge in [0.05, 0.1) is 0 Å². The highest BCUT2D eigenvalue weighted by Crippen LogP contribution is 2.21. The highest BCUT2D eigenvalue weighted by atomic mass is 35.5. The van der Waals surface area contributed by atoms with Crippen molar-refractivity contribution >= 4 is 40.5 Å². The molecule has 2 rings (SSSR count). The Morgan fingerprint density at radius 1 is 0.833 bits per heavy atom. The van der Waals surface area contributed by atoms with Crippen LogP contribution in [-0.4, -0.2) is 0 Å². The lowest BCUT2D eigenvalue weighted by Crippen LogP contribution is -1.99. The van der Waals surface area contributed by atoms with E-state index in [0.717, 1.165) is 5.56 Å². The molecule has 0 bridgehead atoms. The van der Waals surface area contributed by atoms with Crippen molar-refractivity contribution in [2.75, 3.05) is 5.32 Å². The fourth-order valence-electron chi connectivity index (χ4n) is 1.57. The van der Waals surface area contributed by atoms with Crippen molar-refractivity contribution in [2.24, 2.45) is 0 Å². The van der Waals surface area contributed by atoms with Crippen LogP contribution in [-0.2, 0) is 6.54 Å². The van der Waals surface area contributed by atoms with E-state index in [4.69, 9.17) is 34.8 Å². The van der Waals surface area contributed by atoms with Crippen molar-refractivity contribution in [1.82, 2.24) is 0 Å². The molecule has 1 N–H and O–H groups in total. The number of nitrogens with one attached hydrogen (secondary N) is 1. The topological polar surface area (TPSA) is 12.0 Å². The number of halogens is 4. The maximum atomic E-state index is 13.1. The molecule has 1 nitrogen and oxygen atoms in total. The van der Waals surface area contributed by atoms with Gasteiger partial charge in [-0.2, -0.15) is 0 Å². The second-order valence-electron chi connectivity index (χ2n) is 3.79. The van der Waals surface area contributed by atoms with Crippen molar-refractivity contribution < 1.29 is 4.39 Å². The minimum absolute atomic E-state index is 0.349. The summed E-state index contributed by atoms with van der Waals surface area (Å²) in [7, 11) is 0. The maximum Gasteiger partial charge on any atom is 0.126 e. The van der Waals surface area contributed by atoms with Crippen molar-refractivity contribution in [2.45, 2.75) is 6.54 Å². The first-order valence-corrected chi connectivity index (χ1v) is 6.31. The van der Waals surface area contributed by atoms with Gasteiger partial charge in [0, 0.05) is 27.3 Å². The second kappa shape index (κ2) is 5.79. The molecule has 0 aliphatic carbocycles. The molecular formula is C13H9Cl3FN. The molecule has 0 saturated carbocycles. The van der Waals surface area contributed by atoms with E-state index in [1.54, 1.807) is 24.3 Å². The average Bonchev–Trinajstić information content (AvgIpc) is 2.23. The number of hydrogen-bond donors (Lipinski definition) is 1. The molecule has 0 aliphatic heterocycles. The zero-order valence-corrected chi connectivity index (χ0v) is 11.5. The van der Waals surface area contributed by atoms with Crippen LogP contribution in [0.2, 0.25) is 15.1 Å². The summed E-state index contributed by atoms with van der Waals surface area (Å²) in [6.07, 6.45) is 0. The van der Waals surface area contributed by atoms with Crippen LogP contribution >= 0.6 is 34.8 Å². The van der Waals surface area contributed by atoms with Gasteiger partial charge in [-0.1, -0.05) is 34.8 Å². The summed E-state index contributed by atoms with van der Waals surface area (Å²) >= 11 is 17.5. The molecular weight excluding hydrogens is 296 g/mol. The third kappa shape index (κ3) is 3.77. The highest BCUT2D eigenvalue weighted by molar-refractivity contribution is 6.34. The summed E-state index contributed by atoms with van der Waals surface area (Å²) in [5.74, 6) is -0.380. The molecule has 2 aromatic rings. The molecule has 0 aliphatic rings. The van der Waals surface area contributed by atoms with Crippen LogP contribution in [0, 0.1) is 5.82 Å². The Bertz CT molecular complexity index is 480. The van der Waals surface area contributed by atoms with Gasteiger partial charge in [-0.05, 0) is 42.0 Å². The predicted octanol–water partition coefficient (Wildman–Crippen LogP) is 5.40. The summed E-state index contributed by atoms with van der Waals surface area (Å²) in [5.41, 5.74) is 1.52. The van der Waals surface area contributed by atoms with Gasteiger partial charge in [-0.3, -0.25) is 0 Å². The van der Waals surface area contributed by atoms with Crippen LogP contribution in [0.4, 0.5) is 10.1 Å². The van der Waals surface area contributed by atoms with E-state index in [9.17, 15) is 4.39 Å². The van der Waals surface area contributed by atoms with Crippen LogP contribution in [0.3, 0.4) is 0 Å². The van der Waals surface area contributed by atoms with Gasteiger partial charge in [0.25, 0.3) is 0 Å². The summed E-state index contributed by atoms with van der Waals surface area (Å²) < 4.78 is 13.1. The van der Waals surface area contributed by atoms with Crippen molar-refractivity contribution in [3.05, 3.63) is 62.8 Å². The molecule has 0 unspecified atom stereocenters. The first kappa shape index (κ1) is 13.5. The van der Waals surface area contributed by atoms with Crippen molar-refractivity contribution in [1.29, 1.82) is 0 Å². The Balaban J connectivity index is 2.11. The van der Waals surface area contributed by atoms with Crippen molar-refractivity contribution in [3.63, 3.8) is 0 Å². The van der Waals surface area contributed by atoms with Gasteiger partial charge in [-0.25, -0.2) is 4.39 Å². The van der Waals surface area contributed by atoms with Crippen LogP contribution in [0.1, 0.15) is 5.56 Å². The highest BCUT2D eigenvalue weighted by Gasteiger charge is 2.01. The molecule has 0 heterocycles. The molecule has 5 heteroatoms. The third-order valence-corrected chi connectivity index (χ3v) is 2.94. The minimum Gasteiger partial charge on any atom is -0.381 e. The fourth-order valence-corrected chi connectivity index (χ4v) is 2.37. The van der Waals surface area contributed by atoms with E-state index < -0.39 is 0 Å². The van der Waals surface area contributed by atoms with E-state index >= 15 is 0 Å². The minimum atomic E-state index is -0.380. The maximum absolute atomic E-state index is 13.1. The molecule has 0 aromatic heterocycles. The average molecular weight is 305 g/mol. The molecule has 0 atom stereocenters. The summed E-state index contributed by atoms with van der Waals surface area (Å²) in [6, 6.07) is 9.52. The van der Waals surface area contributed by atoms with Gasteiger partial charge in [-0.15, -0.1) is 0 Å². The van der Waals surface area contributed by atoms with Gasteiger partial charge in [0.2, 0.25) is 0 Å².